The minimum absolute atomic E-state index is 0. The zero-order chi connectivity index (χ0) is 10.3. The van der Waals surface area contributed by atoms with Gasteiger partial charge in [0.1, 0.15) is 0 Å². The number of nitrogens with zero attached hydrogens (tertiary/aromatic N) is 2. The predicted octanol–water partition coefficient (Wildman–Crippen LogP) is -1.27. The monoisotopic (exact) mass is 283 g/mol. The van der Waals surface area contributed by atoms with Crippen LogP contribution in [0.15, 0.2) is 21.7 Å². The Balaban J connectivity index is 0.00000112. The molecule has 15 heavy (non-hydrogen) atoms. The predicted molar refractivity (Wildman–Crippen MR) is 47.8 cm³/mol. The van der Waals surface area contributed by atoms with Gasteiger partial charge in [-0.25, -0.2) is 25.2 Å². The molecule has 1 N–H and O–H groups in total. The summed E-state index contributed by atoms with van der Waals surface area (Å²) < 4.78 is 2.25. The van der Waals surface area contributed by atoms with Crippen molar-refractivity contribution in [3.63, 3.8) is 0 Å². The topological polar surface area (TPSA) is 76.9 Å². The van der Waals surface area contributed by atoms with Crippen molar-refractivity contribution in [1.29, 1.82) is 0 Å². The standard InChI is InChI=1S/C8H8N3O3.Y/c1-8(5-12)3-2-4-10-6(13)9-7(14)11(8)10;/h2-3H,4H2,1H3,(H,9,13,14);/q-1;+3. The van der Waals surface area contributed by atoms with E-state index in [9.17, 15) is 14.4 Å². The molecule has 0 radical (unpaired) electrons. The van der Waals surface area contributed by atoms with E-state index in [0.717, 1.165) is 4.68 Å². The summed E-state index contributed by atoms with van der Waals surface area (Å²) in [5, 5.41) is 0. The summed E-state index contributed by atoms with van der Waals surface area (Å²) >= 11 is 0. The van der Waals surface area contributed by atoms with Crippen molar-refractivity contribution in [1.82, 2.24) is 14.3 Å². The first kappa shape index (κ1) is 12.3. The molecule has 0 saturated carbocycles. The second-order valence-electron chi connectivity index (χ2n) is 3.28. The Morgan fingerprint density at radius 1 is 1.47 bits per heavy atom. The van der Waals surface area contributed by atoms with Crippen LogP contribution in [0.4, 0.5) is 0 Å². The summed E-state index contributed by atoms with van der Waals surface area (Å²) in [7, 11) is 0. The van der Waals surface area contributed by atoms with Crippen LogP contribution in [0.3, 0.4) is 0 Å². The van der Waals surface area contributed by atoms with Crippen LogP contribution in [0.5, 0.6) is 0 Å². The van der Waals surface area contributed by atoms with Crippen molar-refractivity contribution in [2.75, 3.05) is 0 Å². The van der Waals surface area contributed by atoms with Crippen LogP contribution in [0.2, 0.25) is 0 Å². The normalized spacial score (nSPS) is 23.0. The van der Waals surface area contributed by atoms with E-state index in [1.54, 1.807) is 18.4 Å². The maximum atomic E-state index is 11.3. The largest absolute Gasteiger partial charge is 3.00 e. The fourth-order valence-corrected chi connectivity index (χ4v) is 1.57. The van der Waals surface area contributed by atoms with Gasteiger partial charge >= 0.3 is 44.1 Å². The van der Waals surface area contributed by atoms with Crippen molar-refractivity contribution in [2.24, 2.45) is 0 Å². The Kier molecular flexibility index (Phi) is 3.30. The fourth-order valence-electron chi connectivity index (χ4n) is 1.57. The molecular weight excluding hydrogens is 275 g/mol. The molecular formula is C8H8N3O3Y+2. The van der Waals surface area contributed by atoms with Crippen LogP contribution in [0.25, 0.3) is 0 Å². The van der Waals surface area contributed by atoms with Crippen molar-refractivity contribution >= 4 is 6.29 Å². The number of H-pyrrole nitrogens is 1. The minimum atomic E-state index is -1.19. The van der Waals surface area contributed by atoms with Crippen LogP contribution >= 0.6 is 0 Å². The molecule has 7 heteroatoms. The molecule has 6 nitrogen and oxygen atoms in total. The van der Waals surface area contributed by atoms with Crippen LogP contribution in [-0.4, -0.2) is 20.6 Å². The number of allylic oxidation sites excluding steroid dienone is 2. The molecule has 1 aliphatic rings. The van der Waals surface area contributed by atoms with Gasteiger partial charge in [0.15, 0.2) is 0 Å². The number of aromatic amines is 1. The van der Waals surface area contributed by atoms with Crippen LogP contribution in [0.1, 0.15) is 6.92 Å². The molecule has 0 fully saturated rings. The van der Waals surface area contributed by atoms with E-state index >= 15 is 0 Å². The molecule has 1 atom stereocenters. The maximum absolute atomic E-state index is 11.3. The van der Waals surface area contributed by atoms with Gasteiger partial charge < -0.3 is 4.79 Å². The Morgan fingerprint density at radius 3 is 2.73 bits per heavy atom. The van der Waals surface area contributed by atoms with E-state index in [1.165, 1.54) is 11.6 Å². The first-order valence-corrected chi connectivity index (χ1v) is 4.08. The molecule has 0 saturated heterocycles. The summed E-state index contributed by atoms with van der Waals surface area (Å²) in [4.78, 5) is 35.4. The Hall–Kier alpha value is -0.746. The average molecular weight is 283 g/mol. The SMILES string of the molecule is CC1([C-]=O)C=CCn2c(=O)[nH]c(=O)n21.[Y+3]. The number of rotatable bonds is 1. The number of fused-ring (bicyclic) bond motifs is 1. The van der Waals surface area contributed by atoms with Gasteiger partial charge in [-0.15, -0.1) is 0 Å². The zero-order valence-electron chi connectivity index (χ0n) is 8.06. The Morgan fingerprint density at radius 2 is 2.13 bits per heavy atom. The first-order chi connectivity index (χ1) is 6.58. The number of hydrogen-bond acceptors (Lipinski definition) is 3. The van der Waals surface area contributed by atoms with E-state index < -0.39 is 16.9 Å². The van der Waals surface area contributed by atoms with Crippen LogP contribution in [-0.2, 0) is 49.6 Å². The molecule has 2 rings (SSSR count). The van der Waals surface area contributed by atoms with Crippen LogP contribution < -0.4 is 11.4 Å². The summed E-state index contributed by atoms with van der Waals surface area (Å²) in [6.07, 6.45) is 4.94. The quantitative estimate of drug-likeness (QED) is 0.516. The van der Waals surface area contributed by atoms with E-state index in [-0.39, 0.29) is 39.3 Å². The van der Waals surface area contributed by atoms with E-state index in [4.69, 9.17) is 0 Å². The molecule has 1 aliphatic heterocycles. The summed E-state index contributed by atoms with van der Waals surface area (Å²) in [6.45, 7) is 1.80. The summed E-state index contributed by atoms with van der Waals surface area (Å²) in [6, 6.07) is 0. The molecule has 1 aromatic heterocycles. The second-order valence-corrected chi connectivity index (χ2v) is 3.28. The summed E-state index contributed by atoms with van der Waals surface area (Å²) in [5.74, 6) is 0. The van der Waals surface area contributed by atoms with Gasteiger partial charge in [0.25, 0.3) is 0 Å². The third kappa shape index (κ3) is 1.72. The maximum Gasteiger partial charge on any atom is 3.00 e. The van der Waals surface area contributed by atoms with Gasteiger partial charge in [-0.3, -0.25) is 4.98 Å². The number of nitrogens with one attached hydrogen (secondary N) is 1. The van der Waals surface area contributed by atoms with Gasteiger partial charge in [0, 0.05) is 0 Å². The van der Waals surface area contributed by atoms with Gasteiger partial charge in [-0.1, -0.05) is 19.1 Å². The van der Waals surface area contributed by atoms with Gasteiger partial charge in [-0.05, 0) is 5.54 Å². The summed E-state index contributed by atoms with van der Waals surface area (Å²) in [5.41, 5.74) is -2.29. The minimum Gasteiger partial charge on any atom is -0.539 e. The number of aromatic nitrogens is 3. The Bertz CT molecular complexity index is 524. The molecule has 0 bridgehead atoms. The number of hydrogen-bond donors (Lipinski definition) is 1. The molecule has 1 unspecified atom stereocenters. The smallest absolute Gasteiger partial charge is 0.539 e. The average Bonchev–Trinajstić information content (AvgIpc) is 2.44. The Labute approximate surface area is 110 Å². The van der Waals surface area contributed by atoms with E-state index in [0.29, 0.717) is 0 Å². The van der Waals surface area contributed by atoms with Gasteiger partial charge in [0.05, 0.1) is 6.54 Å². The fraction of sp³-hybridized carbons (Fsp3) is 0.375. The van der Waals surface area contributed by atoms with Crippen molar-refractivity contribution in [3.8, 4) is 0 Å². The van der Waals surface area contributed by atoms with Crippen molar-refractivity contribution in [2.45, 2.75) is 19.0 Å². The van der Waals surface area contributed by atoms with Gasteiger partial charge in [0.2, 0.25) is 0 Å². The third-order valence-electron chi connectivity index (χ3n) is 2.25. The van der Waals surface area contributed by atoms with Gasteiger partial charge in [-0.2, -0.15) is 0 Å². The molecule has 0 aliphatic carbocycles. The molecule has 0 aromatic carbocycles. The van der Waals surface area contributed by atoms with Crippen molar-refractivity contribution < 1.29 is 37.5 Å². The number of carbonyl (C=O) groups excluding carboxylic acids is 1. The first-order valence-electron chi connectivity index (χ1n) is 4.08. The van der Waals surface area contributed by atoms with E-state index in [2.05, 4.69) is 4.98 Å². The van der Waals surface area contributed by atoms with E-state index in [1.807, 2.05) is 0 Å². The second kappa shape index (κ2) is 4.02. The molecule has 0 spiro atoms. The van der Waals surface area contributed by atoms with Crippen LogP contribution in [0, 0.1) is 0 Å². The molecule has 1 aromatic rings. The molecule has 74 valence electrons. The molecule has 0 amide bonds. The molecule has 2 heterocycles. The van der Waals surface area contributed by atoms with Crippen molar-refractivity contribution in [3.05, 3.63) is 33.1 Å². The zero-order valence-corrected chi connectivity index (χ0v) is 10.9. The third-order valence-corrected chi connectivity index (χ3v) is 2.25.